The molecule has 1 aromatic rings. The molecule has 2 N–H and O–H groups in total. The molecule has 1 saturated carbocycles. The summed E-state index contributed by atoms with van der Waals surface area (Å²) in [7, 11) is 0. The third kappa shape index (κ3) is 2.62. The first-order valence-electron chi connectivity index (χ1n) is 7.33. The van der Waals surface area contributed by atoms with Gasteiger partial charge >= 0.3 is 5.97 Å². The fourth-order valence-electron chi connectivity index (χ4n) is 3.67. The molecule has 0 aromatic carbocycles. The number of thiophene rings is 1. The van der Waals surface area contributed by atoms with Crippen molar-refractivity contribution in [3.63, 3.8) is 0 Å². The van der Waals surface area contributed by atoms with Gasteiger partial charge in [0.1, 0.15) is 4.88 Å². The van der Waals surface area contributed by atoms with E-state index in [1.165, 1.54) is 17.8 Å². The number of likely N-dealkylation sites (tertiary alicyclic amines) is 1. The van der Waals surface area contributed by atoms with Gasteiger partial charge < -0.3 is 10.2 Å². The predicted molar refractivity (Wildman–Crippen MR) is 78.1 cm³/mol. The summed E-state index contributed by atoms with van der Waals surface area (Å²) in [6.45, 7) is 2.45. The smallest absolute Gasteiger partial charge is 0.346 e. The van der Waals surface area contributed by atoms with E-state index in [2.05, 4.69) is 4.90 Å². The average molecular weight is 295 g/mol. The van der Waals surface area contributed by atoms with E-state index in [0.717, 1.165) is 44.3 Å². The number of hydrogen-bond acceptors (Lipinski definition) is 4. The zero-order chi connectivity index (χ0) is 14.2. The average Bonchev–Trinajstić information content (AvgIpc) is 2.87. The highest BCUT2D eigenvalue weighted by molar-refractivity contribution is 7.12. The number of carboxylic acid groups (broad SMARTS) is 1. The van der Waals surface area contributed by atoms with Gasteiger partial charge in [-0.25, -0.2) is 4.79 Å². The Morgan fingerprint density at radius 3 is 3.10 bits per heavy atom. The van der Waals surface area contributed by atoms with Crippen LogP contribution in [0.15, 0.2) is 11.4 Å². The van der Waals surface area contributed by atoms with Crippen LogP contribution in [0.5, 0.6) is 0 Å². The van der Waals surface area contributed by atoms with Gasteiger partial charge in [-0.3, -0.25) is 4.90 Å². The summed E-state index contributed by atoms with van der Waals surface area (Å²) in [4.78, 5) is 13.9. The Morgan fingerprint density at radius 2 is 2.30 bits per heavy atom. The molecule has 2 aliphatic rings. The Bertz CT molecular complexity index is 501. The maximum absolute atomic E-state index is 11.2. The lowest BCUT2D eigenvalue weighted by Crippen LogP contribution is -2.53. The van der Waals surface area contributed by atoms with Crippen molar-refractivity contribution in [2.45, 2.75) is 44.2 Å². The molecule has 1 aliphatic carbocycles. The van der Waals surface area contributed by atoms with Crippen LogP contribution in [-0.4, -0.2) is 39.8 Å². The molecule has 20 heavy (non-hydrogen) atoms. The molecule has 1 aliphatic heterocycles. The quantitative estimate of drug-likeness (QED) is 0.900. The number of aliphatic hydroxyl groups is 1. The van der Waals surface area contributed by atoms with E-state index in [-0.39, 0.29) is 0 Å². The van der Waals surface area contributed by atoms with Crippen LogP contribution in [0.25, 0.3) is 0 Å². The minimum absolute atomic E-state index is 0.358. The van der Waals surface area contributed by atoms with E-state index in [0.29, 0.717) is 17.3 Å². The molecule has 1 aromatic heterocycles. The lowest BCUT2D eigenvalue weighted by molar-refractivity contribution is -0.0968. The summed E-state index contributed by atoms with van der Waals surface area (Å²) in [5.41, 5.74) is 0.447. The van der Waals surface area contributed by atoms with Crippen molar-refractivity contribution in [2.75, 3.05) is 13.1 Å². The Kier molecular flexibility index (Phi) is 3.84. The number of aromatic carboxylic acids is 1. The molecule has 0 bridgehead atoms. The molecular weight excluding hydrogens is 274 g/mol. The summed E-state index contributed by atoms with van der Waals surface area (Å²) in [5, 5.41) is 21.7. The van der Waals surface area contributed by atoms with Gasteiger partial charge in [0.2, 0.25) is 0 Å². The lowest BCUT2D eigenvalue weighted by atomic mass is 9.71. The second-order valence-corrected chi connectivity index (χ2v) is 7.03. The molecule has 5 heteroatoms. The molecule has 0 radical (unpaired) electrons. The Hall–Kier alpha value is -0.910. The Morgan fingerprint density at radius 1 is 1.45 bits per heavy atom. The van der Waals surface area contributed by atoms with Gasteiger partial charge in [-0.2, -0.15) is 0 Å². The number of hydrogen-bond donors (Lipinski definition) is 2. The first-order chi connectivity index (χ1) is 9.58. The number of fused-ring (bicyclic) bond motifs is 1. The highest BCUT2D eigenvalue weighted by Gasteiger charge is 2.42. The van der Waals surface area contributed by atoms with Crippen molar-refractivity contribution in [3.05, 3.63) is 21.9 Å². The number of piperidine rings is 1. The van der Waals surface area contributed by atoms with Crippen LogP contribution in [0.1, 0.15) is 47.3 Å². The van der Waals surface area contributed by atoms with Crippen molar-refractivity contribution >= 4 is 17.3 Å². The molecule has 4 nitrogen and oxygen atoms in total. The summed E-state index contributed by atoms with van der Waals surface area (Å²) < 4.78 is 0. The molecule has 0 amide bonds. The largest absolute Gasteiger partial charge is 0.477 e. The van der Waals surface area contributed by atoms with E-state index in [4.69, 9.17) is 5.11 Å². The zero-order valence-electron chi connectivity index (χ0n) is 11.5. The number of rotatable bonds is 3. The second-order valence-electron chi connectivity index (χ2n) is 6.11. The van der Waals surface area contributed by atoms with Crippen LogP contribution < -0.4 is 0 Å². The third-order valence-corrected chi connectivity index (χ3v) is 5.79. The van der Waals surface area contributed by atoms with Gasteiger partial charge in [0.05, 0.1) is 5.60 Å². The van der Waals surface area contributed by atoms with Crippen LogP contribution in [0.4, 0.5) is 0 Å². The lowest BCUT2D eigenvalue weighted by Gasteiger charge is -2.47. The van der Waals surface area contributed by atoms with E-state index >= 15 is 0 Å². The van der Waals surface area contributed by atoms with Crippen LogP contribution in [0.2, 0.25) is 0 Å². The first-order valence-corrected chi connectivity index (χ1v) is 8.21. The monoisotopic (exact) mass is 295 g/mol. The van der Waals surface area contributed by atoms with Crippen molar-refractivity contribution in [2.24, 2.45) is 5.92 Å². The van der Waals surface area contributed by atoms with Crippen LogP contribution in [0, 0.1) is 5.92 Å². The maximum atomic E-state index is 11.2. The Labute approximate surface area is 123 Å². The fourth-order valence-corrected chi connectivity index (χ4v) is 4.43. The standard InChI is InChI=1S/C15H21NO3S/c17-14(18)13-11(4-8-20-13)9-16-7-6-15(19)5-2-1-3-12(15)10-16/h4,8,12,19H,1-3,5-7,9-10H2,(H,17,18). The SMILES string of the molecule is O=C(O)c1sccc1CN1CCC2(O)CCCCC2C1. The molecular formula is C15H21NO3S. The van der Waals surface area contributed by atoms with Crippen molar-refractivity contribution in [3.8, 4) is 0 Å². The molecule has 110 valence electrons. The van der Waals surface area contributed by atoms with Crippen molar-refractivity contribution < 1.29 is 15.0 Å². The molecule has 1 saturated heterocycles. The van der Waals surface area contributed by atoms with Gasteiger partial charge in [0.25, 0.3) is 0 Å². The highest BCUT2D eigenvalue weighted by atomic mass is 32.1. The molecule has 2 fully saturated rings. The molecule has 3 rings (SSSR count). The third-order valence-electron chi connectivity index (χ3n) is 4.85. The zero-order valence-corrected chi connectivity index (χ0v) is 12.4. The van der Waals surface area contributed by atoms with E-state index in [1.54, 1.807) is 0 Å². The highest BCUT2D eigenvalue weighted by Crippen LogP contribution is 2.40. The van der Waals surface area contributed by atoms with Gasteiger partial charge in [-0.05, 0) is 36.3 Å². The maximum Gasteiger partial charge on any atom is 0.346 e. The number of carbonyl (C=O) groups is 1. The first kappa shape index (κ1) is 14.0. The van der Waals surface area contributed by atoms with Crippen molar-refractivity contribution in [1.82, 2.24) is 4.90 Å². The van der Waals surface area contributed by atoms with Crippen LogP contribution >= 0.6 is 11.3 Å². The van der Waals surface area contributed by atoms with Gasteiger partial charge in [0.15, 0.2) is 0 Å². The molecule has 2 unspecified atom stereocenters. The minimum atomic E-state index is -0.832. The second kappa shape index (κ2) is 5.47. The van der Waals surface area contributed by atoms with E-state index in [9.17, 15) is 9.90 Å². The minimum Gasteiger partial charge on any atom is -0.477 e. The Balaban J connectivity index is 1.68. The number of carboxylic acids is 1. The topological polar surface area (TPSA) is 60.8 Å². The van der Waals surface area contributed by atoms with Gasteiger partial charge in [-0.1, -0.05) is 12.8 Å². The van der Waals surface area contributed by atoms with Crippen LogP contribution in [-0.2, 0) is 6.54 Å². The van der Waals surface area contributed by atoms with Crippen molar-refractivity contribution in [1.29, 1.82) is 0 Å². The summed E-state index contributed by atoms with van der Waals surface area (Å²) in [6, 6.07) is 1.91. The summed E-state index contributed by atoms with van der Waals surface area (Å²) in [6.07, 6.45) is 5.21. The normalized spacial score (nSPS) is 30.9. The van der Waals surface area contributed by atoms with E-state index < -0.39 is 11.6 Å². The van der Waals surface area contributed by atoms with Crippen LogP contribution in [0.3, 0.4) is 0 Å². The predicted octanol–water partition coefficient (Wildman–Crippen LogP) is 2.57. The van der Waals surface area contributed by atoms with Gasteiger partial charge in [0, 0.05) is 25.6 Å². The molecule has 2 atom stereocenters. The number of nitrogens with zero attached hydrogens (tertiary/aromatic N) is 1. The summed E-state index contributed by atoms with van der Waals surface area (Å²) >= 11 is 1.29. The summed E-state index contributed by atoms with van der Waals surface area (Å²) in [5.74, 6) is -0.474. The molecule has 2 heterocycles. The fraction of sp³-hybridized carbons (Fsp3) is 0.667. The van der Waals surface area contributed by atoms with Gasteiger partial charge in [-0.15, -0.1) is 11.3 Å². The van der Waals surface area contributed by atoms with E-state index in [1.807, 2.05) is 11.4 Å². The molecule has 0 spiro atoms.